The van der Waals surface area contributed by atoms with Crippen molar-refractivity contribution in [3.63, 3.8) is 0 Å². The molecule has 1 fully saturated rings. The summed E-state index contributed by atoms with van der Waals surface area (Å²) in [5.41, 5.74) is -1.62. The van der Waals surface area contributed by atoms with Crippen LogP contribution in [0.1, 0.15) is 78.6 Å². The largest absolute Gasteiger partial charge is 0.465 e. The van der Waals surface area contributed by atoms with Crippen LogP contribution in [0.4, 0.5) is 0 Å². The summed E-state index contributed by atoms with van der Waals surface area (Å²) in [5, 5.41) is 0. The fourth-order valence-corrected chi connectivity index (χ4v) is 3.42. The van der Waals surface area contributed by atoms with Crippen LogP contribution in [0.5, 0.6) is 0 Å². The third-order valence-corrected chi connectivity index (χ3v) is 4.97. The van der Waals surface area contributed by atoms with E-state index in [1.54, 1.807) is 0 Å². The highest BCUT2D eigenvalue weighted by Gasteiger charge is 2.55. The van der Waals surface area contributed by atoms with E-state index in [-0.39, 0.29) is 25.6 Å². The van der Waals surface area contributed by atoms with Gasteiger partial charge in [-0.2, -0.15) is 0 Å². The van der Waals surface area contributed by atoms with Crippen LogP contribution in [0.15, 0.2) is 12.7 Å². The van der Waals surface area contributed by atoms with Crippen LogP contribution in [0.3, 0.4) is 0 Å². The summed E-state index contributed by atoms with van der Waals surface area (Å²) >= 11 is 0. The Balaban J connectivity index is 2.88. The maximum atomic E-state index is 13.0. The molecule has 2 unspecified atom stereocenters. The molecule has 0 spiro atoms. The monoisotopic (exact) mass is 396 g/mol. The van der Waals surface area contributed by atoms with E-state index in [2.05, 4.69) is 13.5 Å². The second-order valence-electron chi connectivity index (χ2n) is 7.89. The van der Waals surface area contributed by atoms with Gasteiger partial charge in [0.15, 0.2) is 0 Å². The molecule has 0 aliphatic heterocycles. The fourth-order valence-electron chi connectivity index (χ4n) is 3.42. The van der Waals surface area contributed by atoms with Gasteiger partial charge in [0.25, 0.3) is 0 Å². The van der Waals surface area contributed by atoms with E-state index in [0.717, 1.165) is 44.6 Å². The average molecular weight is 397 g/mol. The molecule has 2 atom stereocenters. The zero-order valence-electron chi connectivity index (χ0n) is 17.7. The van der Waals surface area contributed by atoms with Gasteiger partial charge in [0, 0.05) is 6.08 Å². The van der Waals surface area contributed by atoms with Crippen molar-refractivity contribution in [1.29, 1.82) is 0 Å². The van der Waals surface area contributed by atoms with Crippen LogP contribution in [-0.2, 0) is 28.6 Å². The average Bonchev–Trinajstić information content (AvgIpc) is 2.68. The topological polar surface area (TPSA) is 78.9 Å². The molecule has 160 valence electrons. The number of esters is 3. The quantitative estimate of drug-likeness (QED) is 0.211. The van der Waals surface area contributed by atoms with Gasteiger partial charge in [-0.05, 0) is 31.6 Å². The third-order valence-electron chi connectivity index (χ3n) is 4.97. The fraction of sp³-hybridized carbons (Fsp3) is 0.773. The number of carbonyl (C=O) groups is 3. The zero-order chi connectivity index (χ0) is 21.0. The van der Waals surface area contributed by atoms with Crippen LogP contribution < -0.4 is 0 Å². The lowest BCUT2D eigenvalue weighted by Gasteiger charge is -2.39. The maximum absolute atomic E-state index is 13.0. The van der Waals surface area contributed by atoms with Crippen LogP contribution in [0.2, 0.25) is 0 Å². The molecule has 1 rings (SSSR count). The van der Waals surface area contributed by atoms with Crippen LogP contribution in [0, 0.1) is 11.8 Å². The number of hydrogen-bond donors (Lipinski definition) is 0. The maximum Gasteiger partial charge on any atom is 0.351 e. The van der Waals surface area contributed by atoms with Crippen molar-refractivity contribution in [1.82, 2.24) is 0 Å². The first-order chi connectivity index (χ1) is 13.4. The van der Waals surface area contributed by atoms with E-state index in [4.69, 9.17) is 14.2 Å². The summed E-state index contributed by atoms with van der Waals surface area (Å²) in [6.45, 7) is 9.93. The Labute approximate surface area is 169 Å². The third kappa shape index (κ3) is 7.28. The molecule has 1 aliphatic rings. The van der Waals surface area contributed by atoms with Crippen molar-refractivity contribution >= 4 is 17.9 Å². The van der Waals surface area contributed by atoms with Crippen molar-refractivity contribution < 1.29 is 28.6 Å². The normalized spacial score (nSPS) is 21.8. The molecule has 0 radical (unpaired) electrons. The van der Waals surface area contributed by atoms with E-state index in [9.17, 15) is 14.4 Å². The predicted molar refractivity (Wildman–Crippen MR) is 106 cm³/mol. The van der Waals surface area contributed by atoms with Gasteiger partial charge in [0.1, 0.15) is 5.92 Å². The second-order valence-corrected chi connectivity index (χ2v) is 7.89. The van der Waals surface area contributed by atoms with Gasteiger partial charge in [-0.15, -0.1) is 0 Å². The molecule has 0 N–H and O–H groups in total. The predicted octanol–water partition coefficient (Wildman–Crippen LogP) is 4.36. The molecule has 0 aromatic rings. The van der Waals surface area contributed by atoms with Crippen molar-refractivity contribution in [2.45, 2.75) is 84.2 Å². The molecule has 1 saturated carbocycles. The van der Waals surface area contributed by atoms with Crippen molar-refractivity contribution in [3.8, 4) is 0 Å². The highest BCUT2D eigenvalue weighted by atomic mass is 16.6. The number of carbonyl (C=O) groups excluding carboxylic acids is 3. The number of unbranched alkanes of at least 4 members (excludes halogenated alkanes) is 4. The Bertz CT molecular complexity index is 527. The molecule has 0 saturated heterocycles. The molecular weight excluding hydrogens is 360 g/mol. The number of ether oxygens (including phenoxy) is 3. The molecule has 0 bridgehead atoms. The van der Waals surface area contributed by atoms with Crippen LogP contribution in [0.25, 0.3) is 0 Å². The lowest BCUT2D eigenvalue weighted by Crippen LogP contribution is -2.55. The summed E-state index contributed by atoms with van der Waals surface area (Å²) in [6.07, 6.45) is 8.22. The Kier molecular flexibility index (Phi) is 10.9. The molecular formula is C22H36O6. The highest BCUT2D eigenvalue weighted by Crippen LogP contribution is 2.39. The van der Waals surface area contributed by atoms with Crippen molar-refractivity contribution in [3.05, 3.63) is 12.7 Å². The molecule has 28 heavy (non-hydrogen) atoms. The first-order valence-electron chi connectivity index (χ1n) is 10.6. The van der Waals surface area contributed by atoms with Gasteiger partial charge >= 0.3 is 17.9 Å². The molecule has 1 aliphatic carbocycles. The summed E-state index contributed by atoms with van der Waals surface area (Å²) in [6, 6.07) is 0. The van der Waals surface area contributed by atoms with E-state index >= 15 is 0 Å². The number of hydrogen-bond acceptors (Lipinski definition) is 6. The van der Waals surface area contributed by atoms with E-state index < -0.39 is 29.4 Å². The Morgan fingerprint density at radius 2 is 1.82 bits per heavy atom. The van der Waals surface area contributed by atoms with Gasteiger partial charge in [-0.25, -0.2) is 9.59 Å². The minimum absolute atomic E-state index is 0.174. The van der Waals surface area contributed by atoms with Crippen LogP contribution in [-0.4, -0.2) is 36.7 Å². The van der Waals surface area contributed by atoms with Gasteiger partial charge in [0.05, 0.1) is 13.2 Å². The van der Waals surface area contributed by atoms with E-state index in [1.165, 1.54) is 0 Å². The van der Waals surface area contributed by atoms with Crippen molar-refractivity contribution in [2.75, 3.05) is 13.2 Å². The van der Waals surface area contributed by atoms with Gasteiger partial charge in [0.2, 0.25) is 5.60 Å². The Morgan fingerprint density at radius 3 is 2.46 bits per heavy atom. The van der Waals surface area contributed by atoms with Crippen molar-refractivity contribution in [2.24, 2.45) is 11.8 Å². The van der Waals surface area contributed by atoms with Gasteiger partial charge < -0.3 is 14.2 Å². The summed E-state index contributed by atoms with van der Waals surface area (Å²) < 4.78 is 16.3. The SMILES string of the molecule is C=CC(=O)OC1(C(=O)OCCCCCCC)CCCCC1C(=O)OCC(C)C. The first-order valence-corrected chi connectivity index (χ1v) is 10.6. The minimum Gasteiger partial charge on any atom is -0.465 e. The summed E-state index contributed by atoms with van der Waals surface area (Å²) in [5.74, 6) is -2.57. The standard InChI is InChI=1S/C22H36O6/c1-5-7-8-9-12-15-26-21(25)22(28-19(23)6-2)14-11-10-13-18(22)20(24)27-16-17(3)4/h6,17-18H,2,5,7-16H2,1,3-4H3. The lowest BCUT2D eigenvalue weighted by atomic mass is 9.75. The molecule has 6 nitrogen and oxygen atoms in total. The zero-order valence-corrected chi connectivity index (χ0v) is 17.7. The highest BCUT2D eigenvalue weighted by molar-refractivity contribution is 5.92. The second kappa shape index (κ2) is 12.6. The van der Waals surface area contributed by atoms with Gasteiger partial charge in [-0.3, -0.25) is 4.79 Å². The van der Waals surface area contributed by atoms with E-state index in [1.807, 2.05) is 13.8 Å². The molecule has 0 heterocycles. The summed E-state index contributed by atoms with van der Waals surface area (Å²) in [4.78, 5) is 37.6. The molecule has 0 aromatic carbocycles. The molecule has 6 heteroatoms. The lowest BCUT2D eigenvalue weighted by molar-refractivity contribution is -0.198. The smallest absolute Gasteiger partial charge is 0.351 e. The van der Waals surface area contributed by atoms with Crippen LogP contribution >= 0.6 is 0 Å². The Hall–Kier alpha value is -1.85. The van der Waals surface area contributed by atoms with E-state index in [0.29, 0.717) is 12.8 Å². The molecule has 0 aromatic heterocycles. The first kappa shape index (κ1) is 24.2. The number of rotatable bonds is 12. The molecule has 0 amide bonds. The van der Waals surface area contributed by atoms with Gasteiger partial charge in [-0.1, -0.05) is 59.5 Å². The minimum atomic E-state index is -1.62. The Morgan fingerprint density at radius 1 is 1.11 bits per heavy atom. The summed E-state index contributed by atoms with van der Waals surface area (Å²) in [7, 11) is 0.